The van der Waals surface area contributed by atoms with E-state index in [0.29, 0.717) is 6.04 Å². The average molecular weight is 254 g/mol. The van der Waals surface area contributed by atoms with Crippen LogP contribution in [-0.2, 0) is 0 Å². The number of aliphatic hydroxyl groups excluding tert-OH is 1. The molecule has 1 heterocycles. The van der Waals surface area contributed by atoms with Gasteiger partial charge in [-0.1, -0.05) is 6.07 Å². The predicted octanol–water partition coefficient (Wildman–Crippen LogP) is 2.71. The van der Waals surface area contributed by atoms with Crippen LogP contribution in [0.3, 0.4) is 0 Å². The molecule has 0 amide bonds. The van der Waals surface area contributed by atoms with Gasteiger partial charge in [0.25, 0.3) is 0 Å². The Morgan fingerprint density at radius 2 is 2.12 bits per heavy atom. The lowest BCUT2D eigenvalue weighted by Crippen LogP contribution is -2.30. The van der Waals surface area contributed by atoms with E-state index in [1.165, 1.54) is 0 Å². The first-order valence-electron chi connectivity index (χ1n) is 5.92. The molecule has 1 rings (SSSR count). The normalized spacial score (nSPS) is 14.4. The number of anilines is 1. The lowest BCUT2D eigenvalue weighted by molar-refractivity contribution is 0.199. The fourth-order valence-corrected chi connectivity index (χ4v) is 2.14. The third-order valence-electron chi connectivity index (χ3n) is 3.02. The highest BCUT2D eigenvalue weighted by atomic mass is 32.2. The van der Waals surface area contributed by atoms with Crippen LogP contribution < -0.4 is 4.90 Å². The highest BCUT2D eigenvalue weighted by molar-refractivity contribution is 7.98. The Labute approximate surface area is 108 Å². The van der Waals surface area contributed by atoms with Gasteiger partial charge in [0.1, 0.15) is 5.82 Å². The van der Waals surface area contributed by atoms with Crippen molar-refractivity contribution in [1.82, 2.24) is 4.98 Å². The summed E-state index contributed by atoms with van der Waals surface area (Å²) < 4.78 is 0. The lowest BCUT2D eigenvalue weighted by atomic mass is 10.2. The van der Waals surface area contributed by atoms with Gasteiger partial charge < -0.3 is 10.0 Å². The third kappa shape index (κ3) is 4.21. The number of hydrogen-bond acceptors (Lipinski definition) is 4. The first-order valence-corrected chi connectivity index (χ1v) is 7.31. The predicted molar refractivity (Wildman–Crippen MR) is 75.7 cm³/mol. The standard InChI is InChI=1S/C13H22N2OS/c1-10(7-8-17-4)15(3)13-6-5-12(9-14-13)11(2)16/h5-6,9-11,16H,7-8H2,1-4H3. The van der Waals surface area contributed by atoms with Gasteiger partial charge in [0.05, 0.1) is 6.10 Å². The summed E-state index contributed by atoms with van der Waals surface area (Å²) >= 11 is 1.87. The first kappa shape index (κ1) is 14.3. The molecule has 1 aromatic rings. The molecular formula is C13H22N2OS. The Bertz CT molecular complexity index is 327. The third-order valence-corrected chi connectivity index (χ3v) is 3.66. The van der Waals surface area contributed by atoms with Crippen molar-refractivity contribution in [2.24, 2.45) is 0 Å². The maximum absolute atomic E-state index is 9.42. The van der Waals surface area contributed by atoms with Crippen LogP contribution in [0.25, 0.3) is 0 Å². The number of hydrogen-bond donors (Lipinski definition) is 1. The quantitative estimate of drug-likeness (QED) is 0.847. The smallest absolute Gasteiger partial charge is 0.128 e. The molecule has 1 aromatic heterocycles. The molecule has 4 heteroatoms. The second-order valence-corrected chi connectivity index (χ2v) is 5.35. The van der Waals surface area contributed by atoms with Crippen molar-refractivity contribution in [3.8, 4) is 0 Å². The van der Waals surface area contributed by atoms with E-state index in [2.05, 4.69) is 30.1 Å². The molecule has 0 aromatic carbocycles. The summed E-state index contributed by atoms with van der Waals surface area (Å²) in [6.45, 7) is 3.96. The van der Waals surface area contributed by atoms with Gasteiger partial charge in [-0.15, -0.1) is 0 Å². The summed E-state index contributed by atoms with van der Waals surface area (Å²) in [5, 5.41) is 9.42. The van der Waals surface area contributed by atoms with Crippen molar-refractivity contribution < 1.29 is 5.11 Å². The van der Waals surface area contributed by atoms with E-state index in [9.17, 15) is 5.11 Å². The molecule has 2 atom stereocenters. The van der Waals surface area contributed by atoms with Gasteiger partial charge in [-0.2, -0.15) is 11.8 Å². The number of aliphatic hydroxyl groups is 1. The fourth-order valence-electron chi connectivity index (χ4n) is 1.56. The molecule has 0 saturated heterocycles. The van der Waals surface area contributed by atoms with E-state index >= 15 is 0 Å². The first-order chi connectivity index (χ1) is 8.06. The molecule has 0 aliphatic heterocycles. The number of aromatic nitrogens is 1. The highest BCUT2D eigenvalue weighted by Crippen LogP contribution is 2.18. The van der Waals surface area contributed by atoms with Crippen LogP contribution in [0.2, 0.25) is 0 Å². The summed E-state index contributed by atoms with van der Waals surface area (Å²) in [7, 11) is 2.06. The summed E-state index contributed by atoms with van der Waals surface area (Å²) in [6.07, 6.45) is 4.58. The minimum Gasteiger partial charge on any atom is -0.389 e. The molecule has 2 unspecified atom stereocenters. The van der Waals surface area contributed by atoms with Crippen LogP contribution in [0.5, 0.6) is 0 Å². The number of thioether (sulfide) groups is 1. The van der Waals surface area contributed by atoms with Crippen LogP contribution >= 0.6 is 11.8 Å². The molecule has 0 radical (unpaired) electrons. The summed E-state index contributed by atoms with van der Waals surface area (Å²) in [5.74, 6) is 2.13. The second kappa shape index (κ2) is 6.87. The summed E-state index contributed by atoms with van der Waals surface area (Å²) in [6, 6.07) is 4.38. The van der Waals surface area contributed by atoms with Gasteiger partial charge in [0, 0.05) is 19.3 Å². The van der Waals surface area contributed by atoms with E-state index in [1.807, 2.05) is 23.9 Å². The molecule has 0 spiro atoms. The Morgan fingerprint density at radius 1 is 1.41 bits per heavy atom. The molecule has 0 aliphatic carbocycles. The van der Waals surface area contributed by atoms with Crippen LogP contribution in [0.4, 0.5) is 5.82 Å². The van der Waals surface area contributed by atoms with Crippen molar-refractivity contribution in [2.45, 2.75) is 32.4 Å². The van der Waals surface area contributed by atoms with E-state index in [4.69, 9.17) is 0 Å². The Hall–Kier alpha value is -0.740. The fraction of sp³-hybridized carbons (Fsp3) is 0.615. The molecule has 0 aliphatic rings. The van der Waals surface area contributed by atoms with Crippen molar-refractivity contribution in [2.75, 3.05) is 24.0 Å². The molecular weight excluding hydrogens is 232 g/mol. The average Bonchev–Trinajstić information content (AvgIpc) is 2.35. The maximum atomic E-state index is 9.42. The monoisotopic (exact) mass is 254 g/mol. The SMILES string of the molecule is CSCCC(C)N(C)c1ccc(C(C)O)cn1. The van der Waals surface area contributed by atoms with Gasteiger partial charge in [0.15, 0.2) is 0 Å². The Morgan fingerprint density at radius 3 is 2.59 bits per heavy atom. The second-order valence-electron chi connectivity index (χ2n) is 4.37. The van der Waals surface area contributed by atoms with Crippen molar-refractivity contribution >= 4 is 17.6 Å². The van der Waals surface area contributed by atoms with Gasteiger partial charge in [-0.25, -0.2) is 4.98 Å². The van der Waals surface area contributed by atoms with Crippen molar-refractivity contribution in [1.29, 1.82) is 0 Å². The zero-order valence-corrected chi connectivity index (χ0v) is 11.9. The van der Waals surface area contributed by atoms with Gasteiger partial charge in [0.2, 0.25) is 0 Å². The van der Waals surface area contributed by atoms with Crippen LogP contribution in [0.15, 0.2) is 18.3 Å². The molecule has 0 bridgehead atoms. The largest absolute Gasteiger partial charge is 0.389 e. The van der Waals surface area contributed by atoms with E-state index in [0.717, 1.165) is 23.6 Å². The zero-order chi connectivity index (χ0) is 12.8. The van der Waals surface area contributed by atoms with E-state index < -0.39 is 6.10 Å². The van der Waals surface area contributed by atoms with Crippen LogP contribution in [0.1, 0.15) is 31.9 Å². The van der Waals surface area contributed by atoms with Gasteiger partial charge >= 0.3 is 0 Å². The van der Waals surface area contributed by atoms with Crippen molar-refractivity contribution in [3.63, 3.8) is 0 Å². The number of nitrogens with zero attached hydrogens (tertiary/aromatic N) is 2. The van der Waals surface area contributed by atoms with E-state index in [-0.39, 0.29) is 0 Å². The van der Waals surface area contributed by atoms with Crippen molar-refractivity contribution in [3.05, 3.63) is 23.9 Å². The minimum absolute atomic E-state index is 0.448. The summed E-state index contributed by atoms with van der Waals surface area (Å²) in [4.78, 5) is 6.57. The van der Waals surface area contributed by atoms with Gasteiger partial charge in [-0.3, -0.25) is 0 Å². The Kier molecular flexibility index (Phi) is 5.78. The molecule has 17 heavy (non-hydrogen) atoms. The minimum atomic E-state index is -0.448. The maximum Gasteiger partial charge on any atom is 0.128 e. The molecule has 96 valence electrons. The number of pyridine rings is 1. The Balaban J connectivity index is 2.65. The summed E-state index contributed by atoms with van der Waals surface area (Å²) in [5.41, 5.74) is 0.860. The van der Waals surface area contributed by atoms with Crippen LogP contribution in [0, 0.1) is 0 Å². The molecule has 0 saturated carbocycles. The highest BCUT2D eigenvalue weighted by Gasteiger charge is 2.11. The van der Waals surface area contributed by atoms with Gasteiger partial charge in [-0.05, 0) is 43.9 Å². The molecule has 3 nitrogen and oxygen atoms in total. The molecule has 0 fully saturated rings. The topological polar surface area (TPSA) is 36.4 Å². The lowest BCUT2D eigenvalue weighted by Gasteiger charge is -2.26. The van der Waals surface area contributed by atoms with E-state index in [1.54, 1.807) is 13.1 Å². The zero-order valence-electron chi connectivity index (χ0n) is 11.1. The van der Waals surface area contributed by atoms with Crippen LogP contribution in [-0.4, -0.2) is 35.2 Å². The number of rotatable bonds is 6. The molecule has 1 N–H and O–H groups in total.